The van der Waals surface area contributed by atoms with Crippen molar-refractivity contribution < 1.29 is 9.22 Å². The summed E-state index contributed by atoms with van der Waals surface area (Å²) in [5.74, 6) is -0.463. The normalized spacial score (nSPS) is 20.1. The summed E-state index contributed by atoms with van der Waals surface area (Å²) in [7, 11) is 0. The third kappa shape index (κ3) is 2.97. The van der Waals surface area contributed by atoms with Crippen molar-refractivity contribution in [2.45, 2.75) is 51.2 Å². The molecule has 30 heavy (non-hydrogen) atoms. The molecule has 2 fully saturated rings. The average molecular weight is 404 g/mol. The molecule has 2 bridgehead atoms. The minimum atomic E-state index is -0.463. The average Bonchev–Trinajstić information content (AvgIpc) is 3.35. The Morgan fingerprint density at radius 2 is 1.93 bits per heavy atom. The zero-order chi connectivity index (χ0) is 20.8. The molecule has 7 heteroatoms. The number of H-pyrrole nitrogens is 1. The number of nitrogens with one attached hydrogen (secondary N) is 2. The van der Waals surface area contributed by atoms with E-state index < -0.39 is 5.91 Å². The molecule has 3 heterocycles. The monoisotopic (exact) mass is 404 g/mol. The molecule has 0 aliphatic carbocycles. The first-order chi connectivity index (χ1) is 14.6. The number of aryl methyl sites for hydroxylation is 1. The molecule has 2 aromatic carbocycles. The van der Waals surface area contributed by atoms with E-state index >= 15 is 0 Å². The lowest BCUT2D eigenvalue weighted by Gasteiger charge is -2.25. The number of carbonyl (C=O) groups is 1. The van der Waals surface area contributed by atoms with Crippen LogP contribution < -0.4 is 20.4 Å². The largest absolute Gasteiger partial charge is 0.366 e. The molecule has 0 spiro atoms. The van der Waals surface area contributed by atoms with Gasteiger partial charge in [0.05, 0.1) is 10.6 Å². The summed E-state index contributed by atoms with van der Waals surface area (Å²) in [6.45, 7) is 2.16. The number of fused-ring (bicyclic) bond motifs is 3. The van der Waals surface area contributed by atoms with Crippen LogP contribution in [0.15, 0.2) is 42.6 Å². The Morgan fingerprint density at radius 1 is 1.20 bits per heavy atom. The fourth-order valence-electron chi connectivity index (χ4n) is 5.08. The number of para-hydroxylation sites is 1. The number of aromatic nitrogens is 2. The van der Waals surface area contributed by atoms with Crippen molar-refractivity contribution in [2.75, 3.05) is 10.2 Å². The third-order valence-electron chi connectivity index (χ3n) is 6.56. The summed E-state index contributed by atoms with van der Waals surface area (Å²) in [5, 5.41) is 2.88. The van der Waals surface area contributed by atoms with E-state index in [-0.39, 0.29) is 5.69 Å². The summed E-state index contributed by atoms with van der Waals surface area (Å²) in [5.41, 5.74) is 10.7. The topological polar surface area (TPSA) is 97.1 Å². The van der Waals surface area contributed by atoms with Gasteiger partial charge in [-0.05, 0) is 62.4 Å². The molecule has 0 radical (unpaired) electrons. The molecule has 154 valence electrons. The van der Waals surface area contributed by atoms with Gasteiger partial charge in [-0.3, -0.25) is 4.79 Å². The second-order valence-corrected chi connectivity index (χ2v) is 8.31. The molecule has 2 aliphatic heterocycles. The van der Waals surface area contributed by atoms with Crippen molar-refractivity contribution in [3.8, 4) is 0 Å². The van der Waals surface area contributed by atoms with Crippen molar-refractivity contribution in [1.82, 2.24) is 4.98 Å². The number of hydrogen-bond donors (Lipinski definition) is 3. The molecule has 2 aliphatic rings. The lowest BCUT2D eigenvalue weighted by atomic mass is 10.0. The number of hydrogen-bond acceptors (Lipinski definition) is 4. The van der Waals surface area contributed by atoms with Crippen LogP contribution in [0.3, 0.4) is 0 Å². The minimum Gasteiger partial charge on any atom is -0.366 e. The van der Waals surface area contributed by atoms with E-state index in [1.54, 1.807) is 0 Å². The van der Waals surface area contributed by atoms with Gasteiger partial charge in [-0.15, -0.1) is 0 Å². The van der Waals surface area contributed by atoms with Crippen LogP contribution in [-0.2, 0) is 6.54 Å². The predicted molar refractivity (Wildman–Crippen MR) is 117 cm³/mol. The van der Waals surface area contributed by atoms with Gasteiger partial charge >= 0.3 is 11.6 Å². The highest BCUT2D eigenvalue weighted by molar-refractivity contribution is 6.02. The molecule has 0 saturated carbocycles. The standard InChI is InChI=1S/C23H25N5O2/c1-14-3-2-4-20-22(14)28(30)21(13-25-20)23(29)26-19-10-9-18(11-15(19)12-24)27-16-5-6-17(27)8-7-16/h2-4,9-11,13,16-17H,5-8,12,24H2,1H3,(H-,25,26,29,30)/p+1. The van der Waals surface area contributed by atoms with E-state index in [4.69, 9.17) is 5.73 Å². The van der Waals surface area contributed by atoms with Crippen molar-refractivity contribution in [1.29, 1.82) is 0 Å². The second kappa shape index (κ2) is 7.25. The number of aromatic amines is 1. The first-order valence-electron chi connectivity index (χ1n) is 10.5. The summed E-state index contributed by atoms with van der Waals surface area (Å²) >= 11 is 0. The third-order valence-corrected chi connectivity index (χ3v) is 6.56. The Bertz CT molecular complexity index is 1180. The van der Waals surface area contributed by atoms with E-state index in [9.17, 15) is 9.70 Å². The van der Waals surface area contributed by atoms with Crippen molar-refractivity contribution >= 4 is 28.3 Å². The van der Waals surface area contributed by atoms with Crippen LogP contribution in [-0.4, -0.2) is 23.0 Å². The maximum Gasteiger partial charge on any atom is 0.343 e. The van der Waals surface area contributed by atoms with Gasteiger partial charge in [0.15, 0.2) is 0 Å². The molecule has 3 aromatic rings. The van der Waals surface area contributed by atoms with Crippen LogP contribution >= 0.6 is 0 Å². The highest BCUT2D eigenvalue weighted by atomic mass is 16.3. The van der Waals surface area contributed by atoms with Gasteiger partial charge in [0.2, 0.25) is 0 Å². The SMILES string of the molecule is Cc1cccc2[nH]cc(C(=O)Nc3ccc(N4C5CCC4CC5)cc3CN)[n+](=O)c12. The van der Waals surface area contributed by atoms with Crippen molar-refractivity contribution in [3.63, 3.8) is 0 Å². The molecule has 0 unspecified atom stereocenters. The van der Waals surface area contributed by atoms with Gasteiger partial charge in [-0.25, -0.2) is 0 Å². The molecule has 1 aromatic heterocycles. The first-order valence-corrected chi connectivity index (χ1v) is 10.5. The zero-order valence-corrected chi connectivity index (χ0v) is 17.0. The number of nitrogens with zero attached hydrogens (tertiary/aromatic N) is 2. The molecule has 1 amide bonds. The molecule has 7 nitrogen and oxygen atoms in total. The quantitative estimate of drug-likeness (QED) is 0.582. The smallest absolute Gasteiger partial charge is 0.343 e. The number of amides is 1. The van der Waals surface area contributed by atoms with Crippen LogP contribution in [0.4, 0.5) is 11.4 Å². The van der Waals surface area contributed by atoms with E-state index in [1.807, 2.05) is 37.3 Å². The summed E-state index contributed by atoms with van der Waals surface area (Å²) in [6, 6.07) is 12.8. The van der Waals surface area contributed by atoms with Crippen LogP contribution in [0.1, 0.15) is 47.3 Å². The number of anilines is 2. The molecule has 4 N–H and O–H groups in total. The molecular formula is C23H26N5O2+. The first kappa shape index (κ1) is 18.8. The van der Waals surface area contributed by atoms with E-state index in [0.29, 0.717) is 39.8 Å². The van der Waals surface area contributed by atoms with Gasteiger partial charge in [0.1, 0.15) is 5.52 Å². The van der Waals surface area contributed by atoms with Gasteiger partial charge in [-0.1, -0.05) is 12.1 Å². The van der Waals surface area contributed by atoms with Crippen molar-refractivity contribution in [3.05, 3.63) is 64.3 Å². The number of carbonyl (C=O) groups excluding carboxylic acids is 1. The van der Waals surface area contributed by atoms with Gasteiger partial charge < -0.3 is 20.9 Å². The van der Waals surface area contributed by atoms with Crippen LogP contribution in [0, 0.1) is 11.8 Å². The zero-order valence-electron chi connectivity index (χ0n) is 17.0. The van der Waals surface area contributed by atoms with Crippen molar-refractivity contribution in [2.24, 2.45) is 5.73 Å². The lowest BCUT2D eigenvalue weighted by molar-refractivity contribution is -0.467. The Labute approximate surface area is 174 Å². The van der Waals surface area contributed by atoms with E-state index in [1.165, 1.54) is 37.6 Å². The Hall–Kier alpha value is -3.19. The molecule has 2 saturated heterocycles. The van der Waals surface area contributed by atoms with Gasteiger partial charge in [0.25, 0.3) is 5.52 Å². The molecule has 0 atom stereocenters. The van der Waals surface area contributed by atoms with Crippen LogP contribution in [0.5, 0.6) is 0 Å². The van der Waals surface area contributed by atoms with Crippen LogP contribution in [0.25, 0.3) is 11.0 Å². The van der Waals surface area contributed by atoms with E-state index in [2.05, 4.69) is 21.3 Å². The van der Waals surface area contributed by atoms with Gasteiger partial charge in [0, 0.05) is 40.5 Å². The molecule has 5 rings (SSSR count). The minimum absolute atomic E-state index is 0.0152. The Balaban J connectivity index is 1.45. The maximum atomic E-state index is 12.9. The fourth-order valence-corrected chi connectivity index (χ4v) is 5.08. The highest BCUT2D eigenvalue weighted by Crippen LogP contribution is 2.41. The number of benzene rings is 2. The summed E-state index contributed by atoms with van der Waals surface area (Å²) in [4.78, 5) is 31.3. The van der Waals surface area contributed by atoms with Gasteiger partial charge in [-0.2, -0.15) is 0 Å². The lowest BCUT2D eigenvalue weighted by Crippen LogP contribution is -2.31. The fraction of sp³-hybridized carbons (Fsp3) is 0.348. The number of nitrogens with two attached hydrogens (primary N) is 1. The maximum absolute atomic E-state index is 12.9. The predicted octanol–water partition coefficient (Wildman–Crippen LogP) is 3.23. The van der Waals surface area contributed by atoms with E-state index in [0.717, 1.165) is 11.1 Å². The van der Waals surface area contributed by atoms with Crippen LogP contribution in [0.2, 0.25) is 0 Å². The summed E-state index contributed by atoms with van der Waals surface area (Å²) < 4.78 is 0.689. The Kier molecular flexibility index (Phi) is 4.55. The number of rotatable bonds is 4. The molecular weight excluding hydrogens is 378 g/mol. The Morgan fingerprint density at radius 3 is 2.63 bits per heavy atom. The highest BCUT2D eigenvalue weighted by Gasteiger charge is 2.39. The second-order valence-electron chi connectivity index (χ2n) is 8.31. The summed E-state index contributed by atoms with van der Waals surface area (Å²) in [6.07, 6.45) is 6.46.